The van der Waals surface area contributed by atoms with Gasteiger partial charge < -0.3 is 11.5 Å². The third kappa shape index (κ3) is 4.08. The number of nitrogen functional groups attached to an aromatic ring is 1. The van der Waals surface area contributed by atoms with Crippen molar-refractivity contribution < 1.29 is 13.6 Å². The number of allylic oxidation sites excluding steroid dienone is 1. The van der Waals surface area contributed by atoms with E-state index in [1.807, 2.05) is 0 Å². The molecule has 0 aromatic heterocycles. The van der Waals surface area contributed by atoms with Gasteiger partial charge in [0, 0.05) is 31.5 Å². The summed E-state index contributed by atoms with van der Waals surface area (Å²) in [6.45, 7) is 1.95. The number of amides is 1. The highest BCUT2D eigenvalue weighted by molar-refractivity contribution is 6.43. The van der Waals surface area contributed by atoms with Crippen LogP contribution in [0.15, 0.2) is 34.3 Å². The van der Waals surface area contributed by atoms with Gasteiger partial charge in [-0.15, -0.1) is 0 Å². The summed E-state index contributed by atoms with van der Waals surface area (Å²) in [5.41, 5.74) is 11.2. The molecule has 6 nitrogen and oxygen atoms in total. The van der Waals surface area contributed by atoms with Gasteiger partial charge in [0.25, 0.3) is 0 Å². The van der Waals surface area contributed by atoms with Gasteiger partial charge in [0.15, 0.2) is 5.66 Å². The second-order valence-electron chi connectivity index (χ2n) is 7.62. The van der Waals surface area contributed by atoms with Crippen LogP contribution < -0.4 is 11.5 Å². The minimum Gasteiger partial charge on any atom is -0.384 e. The SMILES string of the molecule is CC1=NC(c2ccc(Cl)c(C(=N)N)c2)(N2CCCC(F)(F)CC2)C(C(N)=O)C=C1Cl. The van der Waals surface area contributed by atoms with Gasteiger partial charge in [-0.3, -0.25) is 20.1 Å². The number of hydrogen-bond acceptors (Lipinski definition) is 4. The molecule has 0 bridgehead atoms. The molecular formula is C20H23Cl2F2N5O. The van der Waals surface area contributed by atoms with Crippen molar-refractivity contribution in [3.8, 4) is 0 Å². The van der Waals surface area contributed by atoms with E-state index >= 15 is 0 Å². The number of benzene rings is 1. The highest BCUT2D eigenvalue weighted by Crippen LogP contribution is 2.45. The van der Waals surface area contributed by atoms with Crippen molar-refractivity contribution in [2.24, 2.45) is 22.4 Å². The Labute approximate surface area is 183 Å². The molecule has 1 fully saturated rings. The van der Waals surface area contributed by atoms with E-state index in [1.54, 1.807) is 30.0 Å². The van der Waals surface area contributed by atoms with Crippen molar-refractivity contribution in [3.05, 3.63) is 45.5 Å². The Morgan fingerprint density at radius 1 is 1.27 bits per heavy atom. The number of nitrogens with zero attached hydrogens (tertiary/aromatic N) is 2. The van der Waals surface area contributed by atoms with Gasteiger partial charge in [0.1, 0.15) is 11.8 Å². The number of aliphatic imine (C=N–C) groups is 1. The lowest BCUT2D eigenvalue weighted by Gasteiger charge is -2.46. The number of nitrogens with two attached hydrogens (primary N) is 2. The number of primary amides is 1. The number of carbonyl (C=O) groups is 1. The number of amidine groups is 1. The number of likely N-dealkylation sites (tertiary alicyclic amines) is 1. The molecule has 2 atom stereocenters. The van der Waals surface area contributed by atoms with Crippen LogP contribution in [0.4, 0.5) is 8.78 Å². The first-order valence-electron chi connectivity index (χ1n) is 9.49. The zero-order chi connectivity index (χ0) is 22.3. The lowest BCUT2D eigenvalue weighted by Crippen LogP contribution is -2.55. The monoisotopic (exact) mass is 457 g/mol. The lowest BCUT2D eigenvalue weighted by atomic mass is 9.80. The van der Waals surface area contributed by atoms with Crippen molar-refractivity contribution in [2.45, 2.75) is 37.8 Å². The molecule has 5 N–H and O–H groups in total. The van der Waals surface area contributed by atoms with Crippen molar-refractivity contribution in [1.82, 2.24) is 4.90 Å². The fourth-order valence-electron chi connectivity index (χ4n) is 4.10. The standard InChI is InChI=1S/C20H23Cl2F2N5O/c1-11-16(22)10-14(18(27)30)20(28-11,29-7-2-5-19(23,24)6-8-29)12-3-4-15(21)13(9-12)17(25)26/h3-4,9-10,14H,2,5-8H2,1H3,(H3,25,26)(H2,27,30). The minimum atomic E-state index is -2.80. The number of dihydropyridines is 1. The number of nitrogens with one attached hydrogen (secondary N) is 1. The van der Waals surface area contributed by atoms with E-state index in [0.717, 1.165) is 0 Å². The molecular weight excluding hydrogens is 435 g/mol. The fourth-order valence-corrected chi connectivity index (χ4v) is 4.49. The summed E-state index contributed by atoms with van der Waals surface area (Å²) in [5.74, 6) is -4.77. The van der Waals surface area contributed by atoms with Gasteiger partial charge in [-0.2, -0.15) is 0 Å². The Hall–Kier alpha value is -2.03. The fraction of sp³-hybridized carbons (Fsp3) is 0.450. The average Bonchev–Trinajstić information content (AvgIpc) is 2.84. The summed E-state index contributed by atoms with van der Waals surface area (Å²) in [6.07, 6.45) is 1.11. The van der Waals surface area contributed by atoms with Crippen molar-refractivity contribution in [1.29, 1.82) is 5.41 Å². The van der Waals surface area contributed by atoms with Crippen LogP contribution in [0.5, 0.6) is 0 Å². The molecule has 0 radical (unpaired) electrons. The van der Waals surface area contributed by atoms with E-state index in [0.29, 0.717) is 11.3 Å². The van der Waals surface area contributed by atoms with Crippen LogP contribution >= 0.6 is 23.2 Å². The van der Waals surface area contributed by atoms with Crippen LogP contribution in [-0.2, 0) is 10.5 Å². The summed E-state index contributed by atoms with van der Waals surface area (Å²) in [4.78, 5) is 19.0. The molecule has 0 spiro atoms. The van der Waals surface area contributed by atoms with Crippen LogP contribution in [0.1, 0.15) is 37.3 Å². The Bertz CT molecular complexity index is 949. The molecule has 30 heavy (non-hydrogen) atoms. The van der Waals surface area contributed by atoms with Crippen LogP contribution in [0.25, 0.3) is 0 Å². The molecule has 1 saturated heterocycles. The Morgan fingerprint density at radius 3 is 2.60 bits per heavy atom. The maximum absolute atomic E-state index is 14.1. The average molecular weight is 458 g/mol. The van der Waals surface area contributed by atoms with Gasteiger partial charge in [-0.1, -0.05) is 29.3 Å². The zero-order valence-corrected chi connectivity index (χ0v) is 17.9. The molecule has 0 saturated carbocycles. The summed E-state index contributed by atoms with van der Waals surface area (Å²) < 4.78 is 28.2. The van der Waals surface area contributed by atoms with Crippen LogP contribution in [0, 0.1) is 11.3 Å². The molecule has 0 aliphatic carbocycles. The number of alkyl halides is 2. The summed E-state index contributed by atoms with van der Waals surface area (Å²) in [7, 11) is 0. The van der Waals surface area contributed by atoms with E-state index < -0.39 is 23.4 Å². The van der Waals surface area contributed by atoms with Crippen LogP contribution in [-0.4, -0.2) is 41.4 Å². The molecule has 3 rings (SSSR count). The third-order valence-corrected chi connectivity index (χ3v) is 6.35. The molecule has 1 aromatic rings. The van der Waals surface area contributed by atoms with Crippen LogP contribution in [0.2, 0.25) is 5.02 Å². The minimum absolute atomic E-state index is 0.00293. The molecule has 1 amide bonds. The molecule has 1 aromatic carbocycles. The summed E-state index contributed by atoms with van der Waals surface area (Å²) in [5, 5.41) is 8.34. The molecule has 2 heterocycles. The maximum Gasteiger partial charge on any atom is 0.249 e. The van der Waals surface area contributed by atoms with Gasteiger partial charge in [0.2, 0.25) is 11.8 Å². The summed E-state index contributed by atoms with van der Waals surface area (Å²) in [6, 6.07) is 4.76. The lowest BCUT2D eigenvalue weighted by molar-refractivity contribution is -0.125. The van der Waals surface area contributed by atoms with Crippen molar-refractivity contribution in [2.75, 3.05) is 13.1 Å². The molecule has 162 valence electrons. The van der Waals surface area contributed by atoms with E-state index in [4.69, 9.17) is 45.1 Å². The van der Waals surface area contributed by atoms with E-state index in [1.165, 1.54) is 6.08 Å². The first-order valence-corrected chi connectivity index (χ1v) is 10.2. The van der Waals surface area contributed by atoms with Gasteiger partial charge >= 0.3 is 0 Å². The maximum atomic E-state index is 14.1. The highest BCUT2D eigenvalue weighted by atomic mass is 35.5. The third-order valence-electron chi connectivity index (χ3n) is 5.62. The second kappa shape index (κ2) is 8.24. The Morgan fingerprint density at radius 2 is 1.97 bits per heavy atom. The van der Waals surface area contributed by atoms with Gasteiger partial charge in [-0.25, -0.2) is 8.78 Å². The van der Waals surface area contributed by atoms with Crippen molar-refractivity contribution >= 4 is 40.7 Å². The van der Waals surface area contributed by atoms with Crippen LogP contribution in [0.3, 0.4) is 0 Å². The number of carbonyl (C=O) groups excluding carboxylic acids is 1. The molecule has 10 heteroatoms. The van der Waals surface area contributed by atoms with E-state index in [2.05, 4.69) is 0 Å². The largest absolute Gasteiger partial charge is 0.384 e. The summed E-state index contributed by atoms with van der Waals surface area (Å²) >= 11 is 12.4. The topological polar surface area (TPSA) is 109 Å². The quantitative estimate of drug-likeness (QED) is 0.474. The van der Waals surface area contributed by atoms with E-state index in [-0.39, 0.29) is 53.8 Å². The Balaban J connectivity index is 2.26. The van der Waals surface area contributed by atoms with Gasteiger partial charge in [0.05, 0.1) is 15.8 Å². The van der Waals surface area contributed by atoms with E-state index in [9.17, 15) is 13.6 Å². The van der Waals surface area contributed by atoms with Gasteiger partial charge in [-0.05, 0) is 37.1 Å². The predicted molar refractivity (Wildman–Crippen MR) is 114 cm³/mol. The molecule has 2 aliphatic rings. The first kappa shape index (κ1) is 22.7. The number of halogens is 4. The normalized spacial score (nSPS) is 27.0. The predicted octanol–water partition coefficient (Wildman–Crippen LogP) is 3.60. The van der Waals surface area contributed by atoms with Crippen molar-refractivity contribution in [3.63, 3.8) is 0 Å². The first-order chi connectivity index (χ1) is 14.0. The Kier molecular flexibility index (Phi) is 6.23. The smallest absolute Gasteiger partial charge is 0.249 e. The molecule has 2 aliphatic heterocycles. The number of hydrogen-bond donors (Lipinski definition) is 3. The zero-order valence-electron chi connectivity index (χ0n) is 16.4. The second-order valence-corrected chi connectivity index (χ2v) is 8.44. The molecule has 2 unspecified atom stereocenters. The number of rotatable bonds is 4. The highest BCUT2D eigenvalue weighted by Gasteiger charge is 2.51.